The first-order valence-corrected chi connectivity index (χ1v) is 12.7. The van der Waals surface area contributed by atoms with Gasteiger partial charge in [-0.3, -0.25) is 9.69 Å². The molecule has 0 saturated carbocycles. The number of aryl methyl sites for hydroxylation is 1. The summed E-state index contributed by atoms with van der Waals surface area (Å²) in [6.45, 7) is 2.85. The van der Waals surface area contributed by atoms with Crippen LogP contribution in [0.5, 0.6) is 0 Å². The first kappa shape index (κ1) is 23.5. The molecule has 7 heteroatoms. The Hall–Kier alpha value is -2.64. The average Bonchev–Trinajstić information content (AvgIpc) is 3.21. The summed E-state index contributed by atoms with van der Waals surface area (Å²) in [6.07, 6.45) is 4.12. The molecule has 1 N–H and O–H groups in total. The van der Waals surface area contributed by atoms with Crippen molar-refractivity contribution in [3.63, 3.8) is 0 Å². The molecule has 0 saturated heterocycles. The van der Waals surface area contributed by atoms with Crippen LogP contribution in [0.25, 0.3) is 0 Å². The Kier molecular flexibility index (Phi) is 7.83. The van der Waals surface area contributed by atoms with E-state index in [4.69, 9.17) is 0 Å². The van der Waals surface area contributed by atoms with E-state index in [-0.39, 0.29) is 18.0 Å². The molecule has 33 heavy (non-hydrogen) atoms. The number of fused-ring (bicyclic) bond motifs is 1. The number of nitrogens with one attached hydrogen (secondary N) is 1. The fourth-order valence-corrected chi connectivity index (χ4v) is 5.37. The number of carbonyl (C=O) groups excluding carboxylic acids is 1. The highest BCUT2D eigenvalue weighted by atomic mass is 32.2. The van der Waals surface area contributed by atoms with Crippen LogP contribution in [0.4, 0.5) is 0 Å². The third kappa shape index (κ3) is 5.65. The van der Waals surface area contributed by atoms with Crippen LogP contribution in [0.15, 0.2) is 59.8 Å². The molecule has 0 bridgehead atoms. The molecule has 4 rings (SSSR count). The standard InChI is InChI=1S/C26H33N5OS/c1-4-23(30(2)3)25-28-29-26(31(25)17-19-11-6-5-7-12-19)33-18-24(32)27-22-16-10-14-20-13-8-9-15-21(20)22/h5-9,11-13,15,22-23H,4,10,14,16-18H2,1-3H3,(H,27,32). The quantitative estimate of drug-likeness (QED) is 0.469. The van der Waals surface area contributed by atoms with Gasteiger partial charge in [-0.2, -0.15) is 0 Å². The smallest absolute Gasteiger partial charge is 0.230 e. The molecule has 3 aromatic rings. The predicted octanol–water partition coefficient (Wildman–Crippen LogP) is 4.63. The van der Waals surface area contributed by atoms with E-state index in [1.807, 2.05) is 18.2 Å². The van der Waals surface area contributed by atoms with Crippen molar-refractivity contribution in [2.75, 3.05) is 19.8 Å². The number of hydrogen-bond acceptors (Lipinski definition) is 5. The second kappa shape index (κ2) is 11.0. The second-order valence-electron chi connectivity index (χ2n) is 8.80. The van der Waals surface area contributed by atoms with Gasteiger partial charge in [0.25, 0.3) is 0 Å². The second-order valence-corrected chi connectivity index (χ2v) is 9.74. The maximum absolute atomic E-state index is 12.9. The molecule has 2 aromatic carbocycles. The van der Waals surface area contributed by atoms with Crippen LogP contribution in [-0.2, 0) is 17.8 Å². The number of aromatic nitrogens is 3. The van der Waals surface area contributed by atoms with Gasteiger partial charge in [-0.15, -0.1) is 10.2 Å². The van der Waals surface area contributed by atoms with E-state index in [9.17, 15) is 4.79 Å². The molecule has 1 heterocycles. The number of thioether (sulfide) groups is 1. The number of amides is 1. The molecule has 0 spiro atoms. The van der Waals surface area contributed by atoms with Crippen molar-refractivity contribution in [2.45, 2.75) is 56.4 Å². The minimum atomic E-state index is 0.0390. The van der Waals surface area contributed by atoms with Gasteiger partial charge >= 0.3 is 0 Å². The maximum atomic E-state index is 12.9. The summed E-state index contributed by atoms with van der Waals surface area (Å²) in [5, 5.41) is 13.1. The third-order valence-electron chi connectivity index (χ3n) is 6.27. The molecule has 1 aromatic heterocycles. The first-order valence-electron chi connectivity index (χ1n) is 11.7. The topological polar surface area (TPSA) is 63.1 Å². The van der Waals surface area contributed by atoms with Gasteiger partial charge in [0.15, 0.2) is 11.0 Å². The summed E-state index contributed by atoms with van der Waals surface area (Å²) >= 11 is 1.46. The molecule has 1 amide bonds. The van der Waals surface area contributed by atoms with Gasteiger partial charge in [-0.1, -0.05) is 73.3 Å². The van der Waals surface area contributed by atoms with Crippen LogP contribution in [0.1, 0.15) is 60.8 Å². The van der Waals surface area contributed by atoms with E-state index in [2.05, 4.69) is 82.4 Å². The highest BCUT2D eigenvalue weighted by Gasteiger charge is 2.24. The van der Waals surface area contributed by atoms with E-state index in [1.54, 1.807) is 0 Å². The van der Waals surface area contributed by atoms with Crippen LogP contribution >= 0.6 is 11.8 Å². The Bertz CT molecular complexity index is 1070. The van der Waals surface area contributed by atoms with Gasteiger partial charge in [-0.25, -0.2) is 0 Å². The molecular formula is C26H33N5OS. The van der Waals surface area contributed by atoms with Crippen LogP contribution in [-0.4, -0.2) is 45.4 Å². The van der Waals surface area contributed by atoms with E-state index >= 15 is 0 Å². The van der Waals surface area contributed by atoms with E-state index in [0.29, 0.717) is 12.3 Å². The highest BCUT2D eigenvalue weighted by molar-refractivity contribution is 7.99. The Labute approximate surface area is 200 Å². The molecule has 0 fully saturated rings. The Morgan fingerprint density at radius 3 is 2.67 bits per heavy atom. The van der Waals surface area contributed by atoms with E-state index in [0.717, 1.165) is 36.7 Å². The van der Waals surface area contributed by atoms with Crippen LogP contribution in [0.3, 0.4) is 0 Å². The summed E-state index contributed by atoms with van der Waals surface area (Å²) in [5.74, 6) is 1.30. The number of benzene rings is 2. The molecule has 1 aliphatic rings. The number of rotatable bonds is 9. The molecule has 174 valence electrons. The fraction of sp³-hybridized carbons (Fsp3) is 0.423. The molecule has 1 aliphatic carbocycles. The summed E-state index contributed by atoms with van der Waals surface area (Å²) < 4.78 is 2.16. The van der Waals surface area contributed by atoms with Crippen LogP contribution in [0, 0.1) is 0 Å². The zero-order valence-electron chi connectivity index (χ0n) is 19.7. The van der Waals surface area contributed by atoms with Crippen molar-refractivity contribution < 1.29 is 4.79 Å². The molecule has 2 unspecified atom stereocenters. The molecule has 6 nitrogen and oxygen atoms in total. The summed E-state index contributed by atoms with van der Waals surface area (Å²) in [6, 6.07) is 19.1. The van der Waals surface area contributed by atoms with E-state index in [1.165, 1.54) is 28.5 Å². The van der Waals surface area contributed by atoms with Crippen molar-refractivity contribution in [2.24, 2.45) is 0 Å². The van der Waals surface area contributed by atoms with Gasteiger partial charge in [-0.05, 0) is 56.5 Å². The van der Waals surface area contributed by atoms with Crippen molar-refractivity contribution in [3.05, 3.63) is 77.1 Å². The summed E-state index contributed by atoms with van der Waals surface area (Å²) in [5.41, 5.74) is 3.80. The average molecular weight is 464 g/mol. The Morgan fingerprint density at radius 1 is 1.15 bits per heavy atom. The highest BCUT2D eigenvalue weighted by Crippen LogP contribution is 2.30. The maximum Gasteiger partial charge on any atom is 0.230 e. The number of nitrogens with zero attached hydrogens (tertiary/aromatic N) is 4. The SMILES string of the molecule is CCC(c1nnc(SCC(=O)NC2CCCc3ccccc32)n1Cc1ccccc1)N(C)C. The lowest BCUT2D eigenvalue weighted by atomic mass is 9.88. The van der Waals surface area contributed by atoms with Crippen LogP contribution < -0.4 is 5.32 Å². The van der Waals surface area contributed by atoms with Gasteiger partial charge in [0.05, 0.1) is 24.4 Å². The van der Waals surface area contributed by atoms with Crippen molar-refractivity contribution >= 4 is 17.7 Å². The van der Waals surface area contributed by atoms with Crippen LogP contribution in [0.2, 0.25) is 0 Å². The zero-order valence-corrected chi connectivity index (χ0v) is 20.5. The van der Waals surface area contributed by atoms with Gasteiger partial charge in [0.1, 0.15) is 0 Å². The minimum Gasteiger partial charge on any atom is -0.349 e. The summed E-state index contributed by atoms with van der Waals surface area (Å²) in [4.78, 5) is 15.0. The predicted molar refractivity (Wildman–Crippen MR) is 133 cm³/mol. The first-order chi connectivity index (χ1) is 16.1. The monoisotopic (exact) mass is 463 g/mol. The molecule has 0 radical (unpaired) electrons. The zero-order chi connectivity index (χ0) is 23.2. The lowest BCUT2D eigenvalue weighted by molar-refractivity contribution is -0.119. The van der Waals surface area contributed by atoms with Crippen molar-refractivity contribution in [1.82, 2.24) is 25.0 Å². The third-order valence-corrected chi connectivity index (χ3v) is 7.24. The Morgan fingerprint density at radius 2 is 1.91 bits per heavy atom. The van der Waals surface area contributed by atoms with Crippen molar-refractivity contribution in [3.8, 4) is 0 Å². The minimum absolute atomic E-state index is 0.0390. The molecule has 0 aliphatic heterocycles. The summed E-state index contributed by atoms with van der Waals surface area (Å²) in [7, 11) is 4.13. The number of hydrogen-bond donors (Lipinski definition) is 1. The molecule has 2 atom stereocenters. The van der Waals surface area contributed by atoms with Crippen molar-refractivity contribution in [1.29, 1.82) is 0 Å². The molecular weight excluding hydrogens is 430 g/mol. The lowest BCUT2D eigenvalue weighted by Crippen LogP contribution is -2.32. The van der Waals surface area contributed by atoms with Gasteiger partial charge < -0.3 is 9.88 Å². The van der Waals surface area contributed by atoms with Gasteiger partial charge in [0.2, 0.25) is 5.91 Å². The Balaban J connectivity index is 1.48. The normalized spacial score (nSPS) is 16.4. The fourth-order valence-electron chi connectivity index (χ4n) is 4.62. The lowest BCUT2D eigenvalue weighted by Gasteiger charge is -2.26. The number of carbonyl (C=O) groups is 1. The van der Waals surface area contributed by atoms with E-state index < -0.39 is 0 Å². The largest absolute Gasteiger partial charge is 0.349 e. The van der Waals surface area contributed by atoms with Gasteiger partial charge in [0, 0.05) is 0 Å².